The van der Waals surface area contributed by atoms with Crippen molar-refractivity contribution in [2.75, 3.05) is 7.05 Å². The Morgan fingerprint density at radius 1 is 1.37 bits per heavy atom. The molecule has 0 saturated heterocycles. The van der Waals surface area contributed by atoms with Crippen LogP contribution in [0.4, 0.5) is 0 Å². The molecule has 5 nitrogen and oxygen atoms in total. The first kappa shape index (κ1) is 13.1. The molecule has 0 aliphatic carbocycles. The highest BCUT2D eigenvalue weighted by atomic mass is 16.5. The molecular formula is C14H17N3O2. The normalized spacial score (nSPS) is 10.3. The van der Waals surface area contributed by atoms with Crippen molar-refractivity contribution in [2.45, 2.75) is 20.6 Å². The van der Waals surface area contributed by atoms with Gasteiger partial charge in [-0.25, -0.2) is 4.68 Å². The average Bonchev–Trinajstić information content (AvgIpc) is 2.88. The van der Waals surface area contributed by atoms with Crippen LogP contribution in [-0.4, -0.2) is 22.7 Å². The number of benzene rings is 1. The third-order valence-corrected chi connectivity index (χ3v) is 2.80. The monoisotopic (exact) mass is 259 g/mol. The molecule has 2 rings (SSSR count). The number of nitrogens with one attached hydrogen (secondary N) is 1. The third kappa shape index (κ3) is 3.13. The highest BCUT2D eigenvalue weighted by Gasteiger charge is 2.07. The number of ether oxygens (including phenoxy) is 1. The zero-order chi connectivity index (χ0) is 13.8. The number of hydrogen-bond donors (Lipinski definition) is 1. The van der Waals surface area contributed by atoms with E-state index in [1.807, 2.05) is 32.0 Å². The minimum absolute atomic E-state index is 0.203. The number of amides is 1. The van der Waals surface area contributed by atoms with Crippen molar-refractivity contribution >= 4 is 5.91 Å². The largest absolute Gasteiger partial charge is 0.471 e. The molecule has 0 fully saturated rings. The highest BCUT2D eigenvalue weighted by molar-refractivity contribution is 5.91. The summed E-state index contributed by atoms with van der Waals surface area (Å²) in [5.41, 5.74) is 2.60. The minimum Gasteiger partial charge on any atom is -0.471 e. The van der Waals surface area contributed by atoms with Crippen LogP contribution in [0, 0.1) is 13.8 Å². The van der Waals surface area contributed by atoms with Gasteiger partial charge in [0.1, 0.15) is 11.4 Å². The van der Waals surface area contributed by atoms with Gasteiger partial charge in [-0.05, 0) is 37.1 Å². The molecule has 100 valence electrons. The van der Waals surface area contributed by atoms with Gasteiger partial charge in [-0.15, -0.1) is 0 Å². The number of aryl methyl sites for hydroxylation is 2. The lowest BCUT2D eigenvalue weighted by Gasteiger charge is -2.09. The van der Waals surface area contributed by atoms with Crippen molar-refractivity contribution in [1.29, 1.82) is 0 Å². The summed E-state index contributed by atoms with van der Waals surface area (Å²) in [5, 5.41) is 6.66. The van der Waals surface area contributed by atoms with Gasteiger partial charge in [-0.2, -0.15) is 5.10 Å². The molecular weight excluding hydrogens is 242 g/mol. The molecule has 1 N–H and O–H groups in total. The van der Waals surface area contributed by atoms with Crippen LogP contribution in [0.3, 0.4) is 0 Å². The predicted octanol–water partition coefficient (Wildman–Crippen LogP) is 1.90. The standard InChI is InChI=1S/C14H17N3O2/c1-10-4-5-11(2)13(8-10)19-9-17-7-6-12(16-17)14(18)15-3/h4-8H,9H2,1-3H3,(H,15,18). The van der Waals surface area contributed by atoms with Gasteiger partial charge in [0.05, 0.1) is 0 Å². The molecule has 2 aromatic rings. The van der Waals surface area contributed by atoms with E-state index >= 15 is 0 Å². The van der Waals surface area contributed by atoms with Crippen molar-refractivity contribution in [3.63, 3.8) is 0 Å². The Balaban J connectivity index is 2.04. The molecule has 0 radical (unpaired) electrons. The first-order valence-electron chi connectivity index (χ1n) is 6.05. The lowest BCUT2D eigenvalue weighted by Crippen LogP contribution is -2.19. The third-order valence-electron chi connectivity index (χ3n) is 2.80. The van der Waals surface area contributed by atoms with Crippen molar-refractivity contribution in [1.82, 2.24) is 15.1 Å². The van der Waals surface area contributed by atoms with Gasteiger partial charge in [-0.3, -0.25) is 4.79 Å². The second-order valence-electron chi connectivity index (χ2n) is 4.36. The fraction of sp³-hybridized carbons (Fsp3) is 0.286. The second kappa shape index (κ2) is 5.56. The first-order chi connectivity index (χ1) is 9.10. The maximum atomic E-state index is 11.4. The number of carbonyl (C=O) groups is 1. The van der Waals surface area contributed by atoms with Gasteiger partial charge in [-0.1, -0.05) is 12.1 Å². The van der Waals surface area contributed by atoms with E-state index in [0.29, 0.717) is 5.69 Å². The van der Waals surface area contributed by atoms with Crippen LogP contribution in [0.15, 0.2) is 30.5 Å². The second-order valence-corrected chi connectivity index (χ2v) is 4.36. The first-order valence-corrected chi connectivity index (χ1v) is 6.05. The number of carbonyl (C=O) groups excluding carboxylic acids is 1. The minimum atomic E-state index is -0.203. The van der Waals surface area contributed by atoms with Gasteiger partial charge in [0.2, 0.25) is 0 Å². The van der Waals surface area contributed by atoms with Gasteiger partial charge < -0.3 is 10.1 Å². The van der Waals surface area contributed by atoms with Gasteiger partial charge >= 0.3 is 0 Å². The van der Waals surface area contributed by atoms with Crippen molar-refractivity contribution < 1.29 is 9.53 Å². The molecule has 1 aromatic heterocycles. The predicted molar refractivity (Wildman–Crippen MR) is 72.2 cm³/mol. The van der Waals surface area contributed by atoms with Gasteiger partial charge in [0.25, 0.3) is 5.91 Å². The van der Waals surface area contributed by atoms with Gasteiger partial charge in [0.15, 0.2) is 6.73 Å². The van der Waals surface area contributed by atoms with E-state index in [4.69, 9.17) is 4.74 Å². The molecule has 0 aliphatic rings. The highest BCUT2D eigenvalue weighted by Crippen LogP contribution is 2.19. The summed E-state index contributed by atoms with van der Waals surface area (Å²) in [4.78, 5) is 11.4. The summed E-state index contributed by atoms with van der Waals surface area (Å²) in [7, 11) is 1.58. The van der Waals surface area contributed by atoms with Crippen LogP contribution >= 0.6 is 0 Å². The van der Waals surface area contributed by atoms with Crippen LogP contribution in [0.2, 0.25) is 0 Å². The Hall–Kier alpha value is -2.30. The Morgan fingerprint density at radius 3 is 2.89 bits per heavy atom. The van der Waals surface area contributed by atoms with Crippen LogP contribution in [0.5, 0.6) is 5.75 Å². The SMILES string of the molecule is CNC(=O)c1ccn(COc2cc(C)ccc2C)n1. The van der Waals surface area contributed by atoms with Crippen LogP contribution in [0.1, 0.15) is 21.6 Å². The summed E-state index contributed by atoms with van der Waals surface area (Å²) in [6.07, 6.45) is 1.72. The van der Waals surface area contributed by atoms with E-state index in [0.717, 1.165) is 16.9 Å². The van der Waals surface area contributed by atoms with Crippen molar-refractivity contribution in [2.24, 2.45) is 0 Å². The smallest absolute Gasteiger partial charge is 0.271 e. The molecule has 1 heterocycles. The van der Waals surface area contributed by atoms with Gasteiger partial charge in [0, 0.05) is 13.2 Å². The molecule has 0 spiro atoms. The van der Waals surface area contributed by atoms with E-state index in [-0.39, 0.29) is 12.6 Å². The molecule has 1 aromatic carbocycles. The molecule has 0 bridgehead atoms. The van der Waals surface area contributed by atoms with Crippen LogP contribution in [-0.2, 0) is 6.73 Å². The van der Waals surface area contributed by atoms with E-state index < -0.39 is 0 Å². The maximum absolute atomic E-state index is 11.4. The summed E-state index contributed by atoms with van der Waals surface area (Å²) in [5.74, 6) is 0.627. The molecule has 0 aliphatic heterocycles. The Labute approximate surface area is 112 Å². The van der Waals surface area contributed by atoms with E-state index in [1.165, 1.54) is 0 Å². The molecule has 0 unspecified atom stereocenters. The fourth-order valence-electron chi connectivity index (χ4n) is 1.68. The zero-order valence-corrected chi connectivity index (χ0v) is 11.3. The molecule has 5 heteroatoms. The van der Waals surface area contributed by atoms with E-state index in [2.05, 4.69) is 10.4 Å². The zero-order valence-electron chi connectivity index (χ0n) is 11.3. The lowest BCUT2D eigenvalue weighted by atomic mass is 10.1. The Morgan fingerprint density at radius 2 is 2.16 bits per heavy atom. The van der Waals surface area contributed by atoms with Crippen LogP contribution in [0.25, 0.3) is 0 Å². The van der Waals surface area contributed by atoms with E-state index in [1.54, 1.807) is 24.0 Å². The summed E-state index contributed by atoms with van der Waals surface area (Å²) in [6, 6.07) is 7.70. The number of nitrogens with zero attached hydrogens (tertiary/aromatic N) is 2. The molecule has 19 heavy (non-hydrogen) atoms. The Kier molecular flexibility index (Phi) is 3.85. The molecule has 0 saturated carbocycles. The summed E-state index contributed by atoms with van der Waals surface area (Å²) in [6.45, 7) is 4.29. The van der Waals surface area contributed by atoms with Crippen molar-refractivity contribution in [3.8, 4) is 5.75 Å². The molecule has 1 amide bonds. The fourth-order valence-corrected chi connectivity index (χ4v) is 1.68. The Bertz CT molecular complexity index is 590. The number of aromatic nitrogens is 2. The van der Waals surface area contributed by atoms with Crippen molar-refractivity contribution in [3.05, 3.63) is 47.3 Å². The topological polar surface area (TPSA) is 56.2 Å². The lowest BCUT2D eigenvalue weighted by molar-refractivity contribution is 0.0956. The molecule has 0 atom stereocenters. The quantitative estimate of drug-likeness (QED) is 0.912. The average molecular weight is 259 g/mol. The summed E-state index contributed by atoms with van der Waals surface area (Å²) < 4.78 is 7.29. The number of rotatable bonds is 4. The van der Waals surface area contributed by atoms with E-state index in [9.17, 15) is 4.79 Å². The van der Waals surface area contributed by atoms with Crippen LogP contribution < -0.4 is 10.1 Å². The number of hydrogen-bond acceptors (Lipinski definition) is 3. The maximum Gasteiger partial charge on any atom is 0.271 e. The summed E-state index contributed by atoms with van der Waals surface area (Å²) >= 11 is 0.